The lowest BCUT2D eigenvalue weighted by Crippen LogP contribution is -2.33. The molecule has 0 unspecified atom stereocenters. The SMILES string of the molecule is Cc1ccc(S(=O)(=O)NCC(=O)Nc2cccc(Cl)c2C)cc1. The number of nitrogens with one attached hydrogen (secondary N) is 2. The molecule has 0 atom stereocenters. The fourth-order valence-electron chi connectivity index (χ4n) is 1.90. The van der Waals surface area contributed by atoms with Gasteiger partial charge < -0.3 is 5.32 Å². The smallest absolute Gasteiger partial charge is 0.241 e. The highest BCUT2D eigenvalue weighted by Gasteiger charge is 2.15. The van der Waals surface area contributed by atoms with Crippen LogP contribution in [0.4, 0.5) is 5.69 Å². The van der Waals surface area contributed by atoms with Gasteiger partial charge in [0.15, 0.2) is 0 Å². The van der Waals surface area contributed by atoms with Crippen molar-refractivity contribution in [1.82, 2.24) is 4.72 Å². The van der Waals surface area contributed by atoms with Crippen molar-refractivity contribution in [3.63, 3.8) is 0 Å². The third-order valence-electron chi connectivity index (χ3n) is 3.30. The van der Waals surface area contributed by atoms with Crippen LogP contribution in [-0.2, 0) is 14.8 Å². The molecule has 23 heavy (non-hydrogen) atoms. The van der Waals surface area contributed by atoms with Crippen LogP contribution in [0.15, 0.2) is 47.4 Å². The number of sulfonamides is 1. The van der Waals surface area contributed by atoms with Crippen LogP contribution in [0.1, 0.15) is 11.1 Å². The van der Waals surface area contributed by atoms with Gasteiger partial charge in [-0.05, 0) is 43.7 Å². The van der Waals surface area contributed by atoms with Gasteiger partial charge in [-0.3, -0.25) is 4.79 Å². The summed E-state index contributed by atoms with van der Waals surface area (Å²) in [5.74, 6) is -0.467. The van der Waals surface area contributed by atoms with Gasteiger partial charge in [0.2, 0.25) is 15.9 Å². The summed E-state index contributed by atoms with van der Waals surface area (Å²) in [5.41, 5.74) is 2.24. The number of anilines is 1. The Kier molecular flexibility index (Phi) is 5.41. The molecule has 0 saturated heterocycles. The van der Waals surface area contributed by atoms with Crippen LogP contribution in [0.3, 0.4) is 0 Å². The summed E-state index contributed by atoms with van der Waals surface area (Å²) >= 11 is 5.98. The van der Waals surface area contributed by atoms with E-state index in [2.05, 4.69) is 10.0 Å². The monoisotopic (exact) mass is 352 g/mol. The average Bonchev–Trinajstić information content (AvgIpc) is 2.50. The highest BCUT2D eigenvalue weighted by atomic mass is 35.5. The second-order valence-electron chi connectivity index (χ2n) is 5.10. The average molecular weight is 353 g/mol. The number of rotatable bonds is 5. The van der Waals surface area contributed by atoms with E-state index in [1.165, 1.54) is 12.1 Å². The highest BCUT2D eigenvalue weighted by molar-refractivity contribution is 7.89. The second-order valence-corrected chi connectivity index (χ2v) is 7.27. The van der Waals surface area contributed by atoms with Crippen LogP contribution >= 0.6 is 11.6 Å². The molecule has 0 aliphatic rings. The molecule has 2 N–H and O–H groups in total. The standard InChI is InChI=1S/C16H17ClN2O3S/c1-11-6-8-13(9-7-11)23(21,22)18-10-16(20)19-15-5-3-4-14(17)12(15)2/h3-9,18H,10H2,1-2H3,(H,19,20). The second kappa shape index (κ2) is 7.12. The molecule has 0 bridgehead atoms. The maximum atomic E-state index is 12.1. The topological polar surface area (TPSA) is 75.3 Å². The molecule has 2 aromatic carbocycles. The number of hydrogen-bond acceptors (Lipinski definition) is 3. The van der Waals surface area contributed by atoms with E-state index in [0.717, 1.165) is 11.1 Å². The molecule has 7 heteroatoms. The van der Waals surface area contributed by atoms with E-state index in [1.54, 1.807) is 37.3 Å². The zero-order chi connectivity index (χ0) is 17.0. The maximum absolute atomic E-state index is 12.1. The molecule has 0 aliphatic carbocycles. The van der Waals surface area contributed by atoms with E-state index in [1.807, 2.05) is 6.92 Å². The minimum atomic E-state index is -3.72. The van der Waals surface area contributed by atoms with Gasteiger partial charge in [-0.25, -0.2) is 13.1 Å². The lowest BCUT2D eigenvalue weighted by molar-refractivity contribution is -0.115. The number of amides is 1. The first-order valence-corrected chi connectivity index (χ1v) is 8.77. The summed E-state index contributed by atoms with van der Waals surface area (Å²) in [5, 5.41) is 3.16. The normalized spacial score (nSPS) is 11.3. The Labute approximate surface area is 140 Å². The first-order valence-electron chi connectivity index (χ1n) is 6.91. The Hall–Kier alpha value is -1.89. The first kappa shape index (κ1) is 17.5. The number of hydrogen-bond donors (Lipinski definition) is 2. The fraction of sp³-hybridized carbons (Fsp3) is 0.188. The van der Waals surface area contributed by atoms with Crippen molar-refractivity contribution in [3.8, 4) is 0 Å². The minimum absolute atomic E-state index is 0.120. The van der Waals surface area contributed by atoms with Crippen LogP contribution in [-0.4, -0.2) is 20.9 Å². The third-order valence-corrected chi connectivity index (χ3v) is 5.12. The molecular weight excluding hydrogens is 336 g/mol. The van der Waals surface area contributed by atoms with E-state index < -0.39 is 15.9 Å². The number of benzene rings is 2. The molecule has 122 valence electrons. The summed E-state index contributed by atoms with van der Waals surface area (Å²) in [6.45, 7) is 3.28. The lowest BCUT2D eigenvalue weighted by Gasteiger charge is -2.10. The van der Waals surface area contributed by atoms with E-state index in [-0.39, 0.29) is 11.4 Å². The predicted molar refractivity (Wildman–Crippen MR) is 91.2 cm³/mol. The van der Waals surface area contributed by atoms with Gasteiger partial charge >= 0.3 is 0 Å². The van der Waals surface area contributed by atoms with Crippen molar-refractivity contribution in [1.29, 1.82) is 0 Å². The summed E-state index contributed by atoms with van der Waals surface area (Å²) in [6, 6.07) is 11.5. The molecule has 1 amide bonds. The summed E-state index contributed by atoms with van der Waals surface area (Å²) in [7, 11) is -3.72. The molecule has 0 fully saturated rings. The van der Waals surface area contributed by atoms with Gasteiger partial charge in [0.1, 0.15) is 0 Å². The van der Waals surface area contributed by atoms with Gasteiger partial charge in [0.05, 0.1) is 11.4 Å². The Balaban J connectivity index is 2.01. The van der Waals surface area contributed by atoms with E-state index in [9.17, 15) is 13.2 Å². The van der Waals surface area contributed by atoms with Crippen LogP contribution in [0, 0.1) is 13.8 Å². The van der Waals surface area contributed by atoms with Crippen molar-refractivity contribution in [3.05, 3.63) is 58.6 Å². The molecule has 2 aromatic rings. The van der Waals surface area contributed by atoms with E-state index in [4.69, 9.17) is 11.6 Å². The summed E-state index contributed by atoms with van der Waals surface area (Å²) < 4.78 is 26.5. The Bertz CT molecular complexity index is 818. The molecule has 0 heterocycles. The fourth-order valence-corrected chi connectivity index (χ4v) is 3.06. The number of aryl methyl sites for hydroxylation is 1. The van der Waals surface area contributed by atoms with Gasteiger partial charge in [0, 0.05) is 10.7 Å². The van der Waals surface area contributed by atoms with E-state index in [0.29, 0.717) is 10.7 Å². The third kappa shape index (κ3) is 4.54. The largest absolute Gasteiger partial charge is 0.325 e. The van der Waals surface area contributed by atoms with Crippen LogP contribution < -0.4 is 10.0 Å². The molecule has 5 nitrogen and oxygen atoms in total. The molecule has 0 saturated carbocycles. The predicted octanol–water partition coefficient (Wildman–Crippen LogP) is 2.87. The van der Waals surface area contributed by atoms with Crippen LogP contribution in [0.25, 0.3) is 0 Å². The highest BCUT2D eigenvalue weighted by Crippen LogP contribution is 2.22. The zero-order valence-corrected chi connectivity index (χ0v) is 14.3. The molecule has 2 rings (SSSR count). The number of halogens is 1. The van der Waals surface area contributed by atoms with Gasteiger partial charge in [-0.1, -0.05) is 35.4 Å². The van der Waals surface area contributed by atoms with E-state index >= 15 is 0 Å². The van der Waals surface area contributed by atoms with Crippen molar-refractivity contribution >= 4 is 33.2 Å². The molecule has 0 spiro atoms. The first-order chi connectivity index (χ1) is 10.8. The summed E-state index contributed by atoms with van der Waals surface area (Å²) in [4.78, 5) is 12.0. The van der Waals surface area contributed by atoms with Gasteiger partial charge in [-0.15, -0.1) is 0 Å². The molecule has 0 radical (unpaired) electrons. The van der Waals surface area contributed by atoms with Crippen molar-refractivity contribution in [2.24, 2.45) is 0 Å². The molecule has 0 aliphatic heterocycles. The van der Waals surface area contributed by atoms with Gasteiger partial charge in [-0.2, -0.15) is 0 Å². The van der Waals surface area contributed by atoms with Crippen LogP contribution in [0.5, 0.6) is 0 Å². The molecule has 0 aromatic heterocycles. The minimum Gasteiger partial charge on any atom is -0.325 e. The Morgan fingerprint density at radius 2 is 1.74 bits per heavy atom. The Morgan fingerprint density at radius 1 is 1.09 bits per heavy atom. The molecular formula is C16H17ClN2O3S. The zero-order valence-electron chi connectivity index (χ0n) is 12.8. The van der Waals surface area contributed by atoms with Crippen molar-refractivity contribution < 1.29 is 13.2 Å². The van der Waals surface area contributed by atoms with Crippen LogP contribution in [0.2, 0.25) is 5.02 Å². The Morgan fingerprint density at radius 3 is 2.39 bits per heavy atom. The maximum Gasteiger partial charge on any atom is 0.241 e. The quantitative estimate of drug-likeness (QED) is 0.868. The summed E-state index contributed by atoms with van der Waals surface area (Å²) in [6.07, 6.45) is 0. The lowest BCUT2D eigenvalue weighted by atomic mass is 10.2. The number of carbonyl (C=O) groups excluding carboxylic acids is 1. The number of carbonyl (C=O) groups is 1. The van der Waals surface area contributed by atoms with Crippen molar-refractivity contribution in [2.45, 2.75) is 18.7 Å². The van der Waals surface area contributed by atoms with Gasteiger partial charge in [0.25, 0.3) is 0 Å². The van der Waals surface area contributed by atoms with Crippen molar-refractivity contribution in [2.75, 3.05) is 11.9 Å².